The zero-order valence-corrected chi connectivity index (χ0v) is 12.0. The van der Waals surface area contributed by atoms with E-state index in [-0.39, 0.29) is 6.04 Å². The summed E-state index contributed by atoms with van der Waals surface area (Å²) in [6, 6.07) is 2.11. The zero-order valence-electron chi connectivity index (χ0n) is 9.56. The van der Waals surface area contributed by atoms with Gasteiger partial charge in [-0.1, -0.05) is 0 Å². The molecule has 0 amide bonds. The molecule has 4 nitrogen and oxygen atoms in total. The molecule has 0 saturated carbocycles. The molecule has 0 spiro atoms. The standard InChI is InChI=1S/C11H15BrN4S/c1-16-6-8(3-15-16)11(13)5-14-4-10-2-9(12)7-17-10/h2-3,6-7,11,14H,4-5,13H2,1H3. The number of rotatable bonds is 5. The maximum Gasteiger partial charge on any atom is 0.0537 e. The summed E-state index contributed by atoms with van der Waals surface area (Å²) in [7, 11) is 1.90. The largest absolute Gasteiger partial charge is 0.323 e. The van der Waals surface area contributed by atoms with Gasteiger partial charge in [-0.25, -0.2) is 0 Å². The highest BCUT2D eigenvalue weighted by Gasteiger charge is 2.07. The second kappa shape index (κ2) is 5.77. The first kappa shape index (κ1) is 12.8. The Morgan fingerprint density at radius 1 is 1.65 bits per heavy atom. The van der Waals surface area contributed by atoms with Crippen molar-refractivity contribution in [2.24, 2.45) is 12.8 Å². The van der Waals surface area contributed by atoms with Crippen LogP contribution in [-0.4, -0.2) is 16.3 Å². The Kier molecular flexibility index (Phi) is 4.33. The second-order valence-corrected chi connectivity index (χ2v) is 5.83. The van der Waals surface area contributed by atoms with Gasteiger partial charge in [0.1, 0.15) is 0 Å². The minimum Gasteiger partial charge on any atom is -0.323 e. The van der Waals surface area contributed by atoms with Gasteiger partial charge in [-0.3, -0.25) is 4.68 Å². The van der Waals surface area contributed by atoms with Crippen LogP contribution in [0.2, 0.25) is 0 Å². The molecule has 0 aliphatic heterocycles. The van der Waals surface area contributed by atoms with Gasteiger partial charge in [0.15, 0.2) is 0 Å². The van der Waals surface area contributed by atoms with Gasteiger partial charge in [-0.2, -0.15) is 5.10 Å². The van der Waals surface area contributed by atoms with Crippen LogP contribution >= 0.6 is 27.3 Å². The van der Waals surface area contributed by atoms with Crippen LogP contribution < -0.4 is 11.1 Å². The van der Waals surface area contributed by atoms with Gasteiger partial charge in [0.05, 0.1) is 6.20 Å². The zero-order chi connectivity index (χ0) is 12.3. The van der Waals surface area contributed by atoms with Crippen LogP contribution in [0.5, 0.6) is 0 Å². The van der Waals surface area contributed by atoms with Crippen molar-refractivity contribution in [3.05, 3.63) is 38.8 Å². The van der Waals surface area contributed by atoms with E-state index in [4.69, 9.17) is 5.73 Å². The number of thiophene rings is 1. The summed E-state index contributed by atoms with van der Waals surface area (Å²) in [5.41, 5.74) is 7.12. The van der Waals surface area contributed by atoms with Crippen LogP contribution in [0.1, 0.15) is 16.5 Å². The van der Waals surface area contributed by atoms with Gasteiger partial charge < -0.3 is 11.1 Å². The van der Waals surface area contributed by atoms with Crippen molar-refractivity contribution in [2.45, 2.75) is 12.6 Å². The van der Waals surface area contributed by atoms with E-state index in [2.05, 4.69) is 37.8 Å². The molecule has 0 aliphatic rings. The summed E-state index contributed by atoms with van der Waals surface area (Å²) >= 11 is 5.17. The van der Waals surface area contributed by atoms with Crippen molar-refractivity contribution < 1.29 is 0 Å². The van der Waals surface area contributed by atoms with Crippen LogP contribution in [0.25, 0.3) is 0 Å². The molecule has 2 heterocycles. The van der Waals surface area contributed by atoms with Crippen LogP contribution in [0, 0.1) is 0 Å². The molecule has 17 heavy (non-hydrogen) atoms. The molecule has 1 atom stereocenters. The van der Waals surface area contributed by atoms with Gasteiger partial charge in [-0.05, 0) is 22.0 Å². The van der Waals surface area contributed by atoms with Crippen LogP contribution in [0.4, 0.5) is 0 Å². The van der Waals surface area contributed by atoms with E-state index in [0.29, 0.717) is 0 Å². The average Bonchev–Trinajstić information content (AvgIpc) is 2.88. The number of aryl methyl sites for hydroxylation is 1. The topological polar surface area (TPSA) is 55.9 Å². The number of aromatic nitrogens is 2. The minimum absolute atomic E-state index is 0.00731. The second-order valence-electron chi connectivity index (χ2n) is 3.92. The summed E-state index contributed by atoms with van der Waals surface area (Å²) in [6.07, 6.45) is 3.77. The van der Waals surface area contributed by atoms with Crippen molar-refractivity contribution >= 4 is 27.3 Å². The van der Waals surface area contributed by atoms with Crippen molar-refractivity contribution in [2.75, 3.05) is 6.54 Å². The number of hydrogen-bond acceptors (Lipinski definition) is 4. The smallest absolute Gasteiger partial charge is 0.0537 e. The number of halogens is 1. The first-order valence-corrected chi connectivity index (χ1v) is 7.00. The predicted molar refractivity (Wildman–Crippen MR) is 73.9 cm³/mol. The number of hydrogen-bond donors (Lipinski definition) is 2. The molecule has 92 valence electrons. The highest BCUT2D eigenvalue weighted by Crippen LogP contribution is 2.19. The lowest BCUT2D eigenvalue weighted by atomic mass is 10.2. The Balaban J connectivity index is 1.78. The molecule has 0 radical (unpaired) electrons. The molecule has 0 aromatic carbocycles. The molecule has 6 heteroatoms. The molecule has 2 rings (SSSR count). The van der Waals surface area contributed by atoms with Crippen LogP contribution in [-0.2, 0) is 13.6 Å². The predicted octanol–water partition coefficient (Wildman–Crippen LogP) is 2.03. The monoisotopic (exact) mass is 314 g/mol. The van der Waals surface area contributed by atoms with Crippen molar-refractivity contribution in [1.82, 2.24) is 15.1 Å². The third-order valence-corrected chi connectivity index (χ3v) is 4.14. The maximum atomic E-state index is 6.06. The summed E-state index contributed by atoms with van der Waals surface area (Å²) in [4.78, 5) is 1.30. The Morgan fingerprint density at radius 2 is 2.47 bits per heavy atom. The van der Waals surface area contributed by atoms with Crippen molar-refractivity contribution in [3.8, 4) is 0 Å². The highest BCUT2D eigenvalue weighted by molar-refractivity contribution is 9.10. The molecule has 2 aromatic rings. The molecule has 0 aliphatic carbocycles. The highest BCUT2D eigenvalue weighted by atomic mass is 79.9. The fourth-order valence-corrected chi connectivity index (χ4v) is 2.97. The third-order valence-electron chi connectivity index (χ3n) is 2.44. The lowest BCUT2D eigenvalue weighted by Crippen LogP contribution is -2.26. The Hall–Kier alpha value is -0.690. The number of nitrogens with two attached hydrogens (primary N) is 1. The van der Waals surface area contributed by atoms with Crippen molar-refractivity contribution in [3.63, 3.8) is 0 Å². The molecular formula is C11H15BrN4S. The first-order chi connectivity index (χ1) is 8.15. The van der Waals surface area contributed by atoms with Gasteiger partial charge in [-0.15, -0.1) is 11.3 Å². The maximum absolute atomic E-state index is 6.06. The van der Waals surface area contributed by atoms with Gasteiger partial charge in [0, 0.05) is 52.7 Å². The first-order valence-electron chi connectivity index (χ1n) is 5.33. The summed E-state index contributed by atoms with van der Waals surface area (Å²) in [5, 5.41) is 9.54. The third kappa shape index (κ3) is 3.64. The van der Waals surface area contributed by atoms with Crippen LogP contribution in [0.15, 0.2) is 28.3 Å². The van der Waals surface area contributed by atoms with Gasteiger partial charge in [0.25, 0.3) is 0 Å². The number of nitrogens with zero attached hydrogens (tertiary/aromatic N) is 2. The number of nitrogens with one attached hydrogen (secondary N) is 1. The summed E-state index contributed by atoms with van der Waals surface area (Å²) < 4.78 is 2.90. The van der Waals surface area contributed by atoms with E-state index in [1.807, 2.05) is 19.4 Å². The fourth-order valence-electron chi connectivity index (χ4n) is 1.55. The van der Waals surface area contributed by atoms with E-state index in [1.165, 1.54) is 4.88 Å². The minimum atomic E-state index is -0.00731. The van der Waals surface area contributed by atoms with E-state index < -0.39 is 0 Å². The molecule has 3 N–H and O–H groups in total. The SMILES string of the molecule is Cn1cc(C(N)CNCc2cc(Br)cs2)cn1. The molecule has 1 unspecified atom stereocenters. The van der Waals surface area contributed by atoms with E-state index >= 15 is 0 Å². The van der Waals surface area contributed by atoms with E-state index in [9.17, 15) is 0 Å². The van der Waals surface area contributed by atoms with Crippen molar-refractivity contribution in [1.29, 1.82) is 0 Å². The Morgan fingerprint density at radius 3 is 3.06 bits per heavy atom. The molecule has 0 saturated heterocycles. The molecule has 2 aromatic heterocycles. The Bertz CT molecular complexity index is 479. The fraction of sp³-hybridized carbons (Fsp3) is 0.364. The lowest BCUT2D eigenvalue weighted by molar-refractivity contribution is 0.601. The Labute approximate surface area is 113 Å². The lowest BCUT2D eigenvalue weighted by Gasteiger charge is -2.09. The van der Waals surface area contributed by atoms with Gasteiger partial charge >= 0.3 is 0 Å². The van der Waals surface area contributed by atoms with Crippen LogP contribution in [0.3, 0.4) is 0 Å². The average molecular weight is 315 g/mol. The normalized spacial score (nSPS) is 12.9. The molecule has 0 fully saturated rings. The molecule has 0 bridgehead atoms. The van der Waals surface area contributed by atoms with Gasteiger partial charge in [0.2, 0.25) is 0 Å². The van der Waals surface area contributed by atoms with E-state index in [0.717, 1.165) is 23.1 Å². The van der Waals surface area contributed by atoms with E-state index in [1.54, 1.807) is 16.0 Å². The quantitative estimate of drug-likeness (QED) is 0.888. The summed E-state index contributed by atoms with van der Waals surface area (Å²) in [5.74, 6) is 0. The summed E-state index contributed by atoms with van der Waals surface area (Å²) in [6.45, 7) is 1.60. The molecular weight excluding hydrogens is 300 g/mol.